The standard InChI is InChI=1S/C22H20F3N5O2S/c1-11-4-5-12-13(10-26)21(33-17(12)7-11)28-20(31)15-9-19-27-14(16-3-2-6-32-16)8-18(22(23,24)25)30(19)29-15/h2-3,6,9,11,14,18,27H,4-5,7-8H2,1H3,(H,28,31)/t11-,14-,18+/m0/s1. The van der Waals surface area contributed by atoms with Crippen molar-refractivity contribution in [2.45, 2.75) is 50.9 Å². The summed E-state index contributed by atoms with van der Waals surface area (Å²) in [5.41, 5.74) is 1.24. The predicted octanol–water partition coefficient (Wildman–Crippen LogP) is 5.45. The number of fused-ring (bicyclic) bond motifs is 2. The molecule has 1 aliphatic carbocycles. The number of nitrogens with one attached hydrogen (secondary N) is 2. The number of hydrogen-bond acceptors (Lipinski definition) is 6. The molecule has 1 amide bonds. The van der Waals surface area contributed by atoms with Gasteiger partial charge in [0.25, 0.3) is 5.91 Å². The van der Waals surface area contributed by atoms with Crippen LogP contribution in [0.1, 0.15) is 64.1 Å². The van der Waals surface area contributed by atoms with Crippen molar-refractivity contribution in [2.24, 2.45) is 5.92 Å². The smallest absolute Gasteiger partial charge is 0.410 e. The molecule has 3 aromatic rings. The van der Waals surface area contributed by atoms with E-state index in [9.17, 15) is 23.2 Å². The number of aromatic nitrogens is 2. The highest BCUT2D eigenvalue weighted by molar-refractivity contribution is 7.16. The van der Waals surface area contributed by atoms with E-state index in [-0.39, 0.29) is 17.9 Å². The van der Waals surface area contributed by atoms with Crippen LogP contribution in [0.25, 0.3) is 0 Å². The normalized spacial score (nSPS) is 22.1. The van der Waals surface area contributed by atoms with Crippen LogP contribution in [-0.4, -0.2) is 21.9 Å². The molecule has 5 rings (SSSR count). The lowest BCUT2D eigenvalue weighted by Crippen LogP contribution is -2.35. The summed E-state index contributed by atoms with van der Waals surface area (Å²) in [5, 5.41) is 19.7. The molecule has 3 aromatic heterocycles. The molecule has 2 aliphatic rings. The van der Waals surface area contributed by atoms with Crippen molar-refractivity contribution in [3.63, 3.8) is 0 Å². The number of carbonyl (C=O) groups is 1. The Balaban J connectivity index is 1.44. The molecule has 0 fully saturated rings. The van der Waals surface area contributed by atoms with Gasteiger partial charge in [0.2, 0.25) is 0 Å². The van der Waals surface area contributed by atoms with Crippen LogP contribution in [0.5, 0.6) is 0 Å². The summed E-state index contributed by atoms with van der Waals surface area (Å²) in [7, 11) is 0. The average Bonchev–Trinajstić information content (AvgIpc) is 3.49. The number of rotatable bonds is 3. The highest BCUT2D eigenvalue weighted by atomic mass is 32.1. The molecule has 11 heteroatoms. The molecule has 0 spiro atoms. The largest absolute Gasteiger partial charge is 0.467 e. The Kier molecular flexibility index (Phi) is 5.20. The SMILES string of the molecule is C[C@H]1CCc2c(sc(NC(=O)c3cc4n(n3)[C@@H](C(F)(F)F)C[C@@H](c3ccco3)N4)c2C#N)C1. The number of halogens is 3. The Bertz CT molecular complexity index is 1240. The molecule has 4 heterocycles. The van der Waals surface area contributed by atoms with Crippen molar-refractivity contribution in [2.75, 3.05) is 10.6 Å². The van der Waals surface area contributed by atoms with Gasteiger partial charge in [-0.15, -0.1) is 11.3 Å². The van der Waals surface area contributed by atoms with E-state index >= 15 is 0 Å². The molecule has 1 aliphatic heterocycles. The monoisotopic (exact) mass is 475 g/mol. The second kappa shape index (κ2) is 7.95. The summed E-state index contributed by atoms with van der Waals surface area (Å²) >= 11 is 1.35. The van der Waals surface area contributed by atoms with Gasteiger partial charge in [0.05, 0.1) is 17.9 Å². The maximum Gasteiger partial charge on any atom is 0.410 e. The van der Waals surface area contributed by atoms with E-state index in [0.29, 0.717) is 22.2 Å². The Hall–Kier alpha value is -3.26. The third kappa shape index (κ3) is 3.88. The molecule has 7 nitrogen and oxygen atoms in total. The Morgan fingerprint density at radius 3 is 2.97 bits per heavy atom. The second-order valence-electron chi connectivity index (χ2n) is 8.49. The minimum Gasteiger partial charge on any atom is -0.467 e. The van der Waals surface area contributed by atoms with Crippen molar-refractivity contribution >= 4 is 28.1 Å². The van der Waals surface area contributed by atoms with E-state index in [0.717, 1.165) is 34.4 Å². The lowest BCUT2D eigenvalue weighted by Gasteiger charge is -2.32. The van der Waals surface area contributed by atoms with Crippen LogP contribution in [0.3, 0.4) is 0 Å². The van der Waals surface area contributed by atoms with Crippen LogP contribution < -0.4 is 10.6 Å². The van der Waals surface area contributed by atoms with Gasteiger partial charge >= 0.3 is 6.18 Å². The number of carbonyl (C=O) groups excluding carboxylic acids is 1. The average molecular weight is 475 g/mol. The Labute approximate surface area is 191 Å². The minimum absolute atomic E-state index is 0.0786. The first-order chi connectivity index (χ1) is 15.7. The van der Waals surface area contributed by atoms with Gasteiger partial charge in [0.15, 0.2) is 11.7 Å². The summed E-state index contributed by atoms with van der Waals surface area (Å²) < 4.78 is 47.5. The van der Waals surface area contributed by atoms with Gasteiger partial charge in [0, 0.05) is 17.4 Å². The van der Waals surface area contributed by atoms with Gasteiger partial charge in [-0.05, 0) is 42.9 Å². The molecule has 3 atom stereocenters. The molecule has 33 heavy (non-hydrogen) atoms. The fourth-order valence-corrected chi connectivity index (χ4v) is 5.84. The molecular weight excluding hydrogens is 455 g/mol. The van der Waals surface area contributed by atoms with Crippen LogP contribution in [0.4, 0.5) is 24.0 Å². The van der Waals surface area contributed by atoms with Crippen LogP contribution in [-0.2, 0) is 12.8 Å². The Morgan fingerprint density at radius 1 is 1.45 bits per heavy atom. The molecule has 0 saturated carbocycles. The van der Waals surface area contributed by atoms with Gasteiger partial charge in [-0.1, -0.05) is 6.92 Å². The number of amides is 1. The summed E-state index contributed by atoms with van der Waals surface area (Å²) in [6.07, 6.45) is -0.885. The van der Waals surface area contributed by atoms with Gasteiger partial charge in [-0.3, -0.25) is 4.79 Å². The van der Waals surface area contributed by atoms with Crippen molar-refractivity contribution in [3.05, 3.63) is 51.9 Å². The van der Waals surface area contributed by atoms with Gasteiger partial charge in [-0.2, -0.15) is 23.5 Å². The number of nitriles is 1. The molecular formula is C22H20F3N5O2S. The van der Waals surface area contributed by atoms with Crippen LogP contribution >= 0.6 is 11.3 Å². The third-order valence-electron chi connectivity index (χ3n) is 6.16. The highest BCUT2D eigenvalue weighted by Crippen LogP contribution is 2.44. The number of furan rings is 1. The number of hydrogen-bond donors (Lipinski definition) is 2. The fraction of sp³-hybridized carbons (Fsp3) is 0.409. The highest BCUT2D eigenvalue weighted by Gasteiger charge is 2.47. The van der Waals surface area contributed by atoms with Crippen molar-refractivity contribution in [1.29, 1.82) is 5.26 Å². The topological polar surface area (TPSA) is 95.9 Å². The van der Waals surface area contributed by atoms with E-state index in [4.69, 9.17) is 4.42 Å². The zero-order valence-electron chi connectivity index (χ0n) is 17.6. The first kappa shape index (κ1) is 21.6. The maximum atomic E-state index is 13.8. The number of nitrogens with zero attached hydrogens (tertiary/aromatic N) is 3. The molecule has 0 radical (unpaired) electrons. The number of alkyl halides is 3. The third-order valence-corrected chi connectivity index (χ3v) is 7.33. The quantitative estimate of drug-likeness (QED) is 0.525. The minimum atomic E-state index is -4.56. The maximum absolute atomic E-state index is 13.8. The fourth-order valence-electron chi connectivity index (χ4n) is 4.48. The van der Waals surface area contributed by atoms with E-state index in [2.05, 4.69) is 28.7 Å². The Morgan fingerprint density at radius 2 is 2.27 bits per heavy atom. The van der Waals surface area contributed by atoms with Crippen LogP contribution in [0.2, 0.25) is 0 Å². The summed E-state index contributed by atoms with van der Waals surface area (Å²) in [4.78, 5) is 14.0. The van der Waals surface area contributed by atoms with Crippen molar-refractivity contribution in [1.82, 2.24) is 9.78 Å². The molecule has 172 valence electrons. The van der Waals surface area contributed by atoms with Gasteiger partial charge in [-0.25, -0.2) is 4.68 Å². The zero-order chi connectivity index (χ0) is 23.3. The zero-order valence-corrected chi connectivity index (χ0v) is 18.4. The lowest BCUT2D eigenvalue weighted by atomic mass is 9.89. The van der Waals surface area contributed by atoms with E-state index in [1.165, 1.54) is 23.7 Å². The summed E-state index contributed by atoms with van der Waals surface area (Å²) in [5.74, 6) is 0.297. The molecule has 0 aromatic carbocycles. The molecule has 0 bridgehead atoms. The van der Waals surface area contributed by atoms with E-state index < -0.39 is 24.2 Å². The second-order valence-corrected chi connectivity index (χ2v) is 9.59. The predicted molar refractivity (Wildman–Crippen MR) is 115 cm³/mol. The van der Waals surface area contributed by atoms with Crippen molar-refractivity contribution < 1.29 is 22.4 Å². The van der Waals surface area contributed by atoms with Crippen molar-refractivity contribution in [3.8, 4) is 6.07 Å². The molecule has 0 unspecified atom stereocenters. The number of thiophene rings is 1. The first-order valence-electron chi connectivity index (χ1n) is 10.6. The van der Waals surface area contributed by atoms with E-state index in [1.807, 2.05) is 0 Å². The van der Waals surface area contributed by atoms with E-state index in [1.54, 1.807) is 12.1 Å². The molecule has 0 saturated heterocycles. The van der Waals surface area contributed by atoms with Gasteiger partial charge in [0.1, 0.15) is 22.6 Å². The summed E-state index contributed by atoms with van der Waals surface area (Å²) in [6.45, 7) is 2.14. The van der Waals surface area contributed by atoms with Crippen LogP contribution in [0.15, 0.2) is 28.9 Å². The molecule has 2 N–H and O–H groups in total. The lowest BCUT2D eigenvalue weighted by molar-refractivity contribution is -0.174. The first-order valence-corrected chi connectivity index (χ1v) is 11.4. The van der Waals surface area contributed by atoms with Crippen LogP contribution in [0, 0.1) is 17.2 Å². The number of anilines is 2. The van der Waals surface area contributed by atoms with Gasteiger partial charge < -0.3 is 15.1 Å². The summed E-state index contributed by atoms with van der Waals surface area (Å²) in [6, 6.07) is 4.07.